The molecule has 0 atom stereocenters. The number of hydrogen-bond acceptors (Lipinski definition) is 2. The second kappa shape index (κ2) is 5.10. The van der Waals surface area contributed by atoms with Crippen LogP contribution < -0.4 is 10.5 Å². The predicted octanol–water partition coefficient (Wildman–Crippen LogP) is 3.99. The number of halogens is 1. The molecule has 3 nitrogen and oxygen atoms in total. The van der Waals surface area contributed by atoms with E-state index in [1.54, 1.807) is 6.07 Å². The summed E-state index contributed by atoms with van der Waals surface area (Å²) in [6.45, 7) is 0.487. The van der Waals surface area contributed by atoms with E-state index in [4.69, 9.17) is 22.1 Å². The van der Waals surface area contributed by atoms with Gasteiger partial charge in [-0.2, -0.15) is 0 Å². The highest BCUT2D eigenvalue weighted by atomic mass is 35.5. The van der Waals surface area contributed by atoms with E-state index in [-0.39, 0.29) is 0 Å². The molecule has 0 aliphatic carbocycles. The molecule has 2 aromatic carbocycles. The van der Waals surface area contributed by atoms with Gasteiger partial charge in [0, 0.05) is 29.2 Å². The van der Waals surface area contributed by atoms with Crippen LogP contribution in [0.1, 0.15) is 5.56 Å². The molecule has 0 aliphatic rings. The van der Waals surface area contributed by atoms with Gasteiger partial charge < -0.3 is 15.0 Å². The van der Waals surface area contributed by atoms with Crippen molar-refractivity contribution in [3.8, 4) is 5.75 Å². The van der Waals surface area contributed by atoms with E-state index in [9.17, 15) is 0 Å². The molecule has 0 aliphatic heterocycles. The Balaban J connectivity index is 1.90. The normalized spacial score (nSPS) is 10.9. The molecule has 0 radical (unpaired) electrons. The quantitative estimate of drug-likeness (QED) is 0.740. The molecule has 0 bridgehead atoms. The average Bonchev–Trinajstić information content (AvgIpc) is 2.75. The molecule has 0 fully saturated rings. The minimum atomic E-state index is 0.487. The van der Waals surface area contributed by atoms with Gasteiger partial charge in [0.1, 0.15) is 12.4 Å². The minimum absolute atomic E-state index is 0.487. The lowest BCUT2D eigenvalue weighted by Gasteiger charge is -2.05. The third-order valence-electron chi connectivity index (χ3n) is 3.31. The maximum atomic E-state index is 6.02. The number of para-hydroxylation sites is 1. The van der Waals surface area contributed by atoms with Gasteiger partial charge in [-0.05, 0) is 24.3 Å². The maximum Gasteiger partial charge on any atom is 0.121 e. The first-order valence-electron chi connectivity index (χ1n) is 6.36. The highest BCUT2D eigenvalue weighted by Gasteiger charge is 2.09. The first kappa shape index (κ1) is 12.9. The predicted molar refractivity (Wildman–Crippen MR) is 83.1 cm³/mol. The van der Waals surface area contributed by atoms with Crippen LogP contribution in [0.25, 0.3) is 10.9 Å². The summed E-state index contributed by atoms with van der Waals surface area (Å²) in [6, 6.07) is 13.3. The SMILES string of the molecule is Cn1cc(COc2cccc(Cl)c2)c2cccc(N)c21. The van der Waals surface area contributed by atoms with E-state index in [1.165, 1.54) is 0 Å². The van der Waals surface area contributed by atoms with Crippen molar-refractivity contribution in [2.45, 2.75) is 6.61 Å². The van der Waals surface area contributed by atoms with Gasteiger partial charge in [-0.1, -0.05) is 29.8 Å². The van der Waals surface area contributed by atoms with Crippen LogP contribution in [0.2, 0.25) is 5.02 Å². The van der Waals surface area contributed by atoms with E-state index < -0.39 is 0 Å². The molecule has 0 unspecified atom stereocenters. The van der Waals surface area contributed by atoms with Crippen molar-refractivity contribution in [2.75, 3.05) is 5.73 Å². The lowest BCUT2D eigenvalue weighted by molar-refractivity contribution is 0.307. The first-order valence-corrected chi connectivity index (χ1v) is 6.74. The lowest BCUT2D eigenvalue weighted by Crippen LogP contribution is -1.94. The zero-order chi connectivity index (χ0) is 14.1. The Morgan fingerprint density at radius 2 is 2.00 bits per heavy atom. The number of aryl methyl sites for hydroxylation is 1. The molecule has 2 N–H and O–H groups in total. The van der Waals surface area contributed by atoms with E-state index in [2.05, 4.69) is 6.07 Å². The topological polar surface area (TPSA) is 40.2 Å². The van der Waals surface area contributed by atoms with Gasteiger partial charge in [-0.3, -0.25) is 0 Å². The van der Waals surface area contributed by atoms with Crippen LogP contribution in [0.5, 0.6) is 5.75 Å². The zero-order valence-corrected chi connectivity index (χ0v) is 11.9. The summed E-state index contributed by atoms with van der Waals surface area (Å²) in [5, 5.41) is 1.79. The lowest BCUT2D eigenvalue weighted by atomic mass is 10.1. The smallest absolute Gasteiger partial charge is 0.121 e. The van der Waals surface area contributed by atoms with Crippen LogP contribution in [0.3, 0.4) is 0 Å². The molecule has 102 valence electrons. The molecule has 3 aromatic rings. The number of nitrogens with zero attached hydrogens (tertiary/aromatic N) is 1. The third-order valence-corrected chi connectivity index (χ3v) is 3.54. The Morgan fingerprint density at radius 1 is 1.20 bits per heavy atom. The Kier molecular flexibility index (Phi) is 3.28. The summed E-state index contributed by atoms with van der Waals surface area (Å²) in [5.41, 5.74) is 8.94. The second-order valence-electron chi connectivity index (χ2n) is 4.75. The van der Waals surface area contributed by atoms with Crippen LogP contribution in [0, 0.1) is 0 Å². The standard InChI is InChI=1S/C16H15ClN2O/c1-19-9-11(14-6-3-7-15(18)16(14)19)10-20-13-5-2-4-12(17)8-13/h2-9H,10,18H2,1H3. The fourth-order valence-corrected chi connectivity index (χ4v) is 2.60. The van der Waals surface area contributed by atoms with Gasteiger partial charge in [0.2, 0.25) is 0 Å². The highest BCUT2D eigenvalue weighted by molar-refractivity contribution is 6.30. The molecule has 3 rings (SSSR count). The number of nitrogen functional groups attached to an aromatic ring is 1. The van der Waals surface area contributed by atoms with Crippen molar-refractivity contribution >= 4 is 28.2 Å². The molecular weight excluding hydrogens is 272 g/mol. The largest absolute Gasteiger partial charge is 0.489 e. The number of nitrogens with two attached hydrogens (primary N) is 1. The molecule has 4 heteroatoms. The monoisotopic (exact) mass is 286 g/mol. The molecule has 0 saturated carbocycles. The van der Waals surface area contributed by atoms with Crippen LogP contribution in [-0.4, -0.2) is 4.57 Å². The zero-order valence-electron chi connectivity index (χ0n) is 11.1. The number of aromatic nitrogens is 1. The van der Waals surface area contributed by atoms with Crippen LogP contribution in [0.4, 0.5) is 5.69 Å². The van der Waals surface area contributed by atoms with Gasteiger partial charge in [-0.15, -0.1) is 0 Å². The summed E-state index contributed by atoms with van der Waals surface area (Å²) >= 11 is 5.95. The Morgan fingerprint density at radius 3 is 2.80 bits per heavy atom. The van der Waals surface area contributed by atoms with E-state index in [1.807, 2.05) is 48.1 Å². The fraction of sp³-hybridized carbons (Fsp3) is 0.125. The number of ether oxygens (including phenoxy) is 1. The molecule has 20 heavy (non-hydrogen) atoms. The van der Waals surface area contributed by atoms with Crippen LogP contribution >= 0.6 is 11.6 Å². The van der Waals surface area contributed by atoms with Gasteiger partial charge in [0.05, 0.1) is 11.2 Å². The van der Waals surface area contributed by atoms with Crippen molar-refractivity contribution in [3.05, 3.63) is 59.2 Å². The van der Waals surface area contributed by atoms with Gasteiger partial charge in [0.25, 0.3) is 0 Å². The van der Waals surface area contributed by atoms with E-state index in [0.717, 1.165) is 27.9 Å². The molecule has 0 spiro atoms. The van der Waals surface area contributed by atoms with Crippen molar-refractivity contribution in [3.63, 3.8) is 0 Å². The molecule has 1 aromatic heterocycles. The minimum Gasteiger partial charge on any atom is -0.489 e. The van der Waals surface area contributed by atoms with Crippen molar-refractivity contribution < 1.29 is 4.74 Å². The van der Waals surface area contributed by atoms with Crippen LogP contribution in [-0.2, 0) is 13.7 Å². The second-order valence-corrected chi connectivity index (χ2v) is 5.19. The number of rotatable bonds is 3. The first-order chi connectivity index (χ1) is 9.65. The number of anilines is 1. The number of benzene rings is 2. The Hall–Kier alpha value is -2.13. The Bertz CT molecular complexity index is 764. The van der Waals surface area contributed by atoms with Crippen molar-refractivity contribution in [1.82, 2.24) is 4.57 Å². The summed E-state index contributed by atoms with van der Waals surface area (Å²) in [6.07, 6.45) is 2.05. The van der Waals surface area contributed by atoms with Crippen molar-refractivity contribution in [2.24, 2.45) is 7.05 Å². The third kappa shape index (κ3) is 2.32. The molecule has 0 saturated heterocycles. The Labute approximate surface area is 122 Å². The number of fused-ring (bicyclic) bond motifs is 1. The van der Waals surface area contributed by atoms with Crippen LogP contribution in [0.15, 0.2) is 48.7 Å². The summed E-state index contributed by atoms with van der Waals surface area (Å²) in [7, 11) is 1.99. The van der Waals surface area contributed by atoms with Gasteiger partial charge >= 0.3 is 0 Å². The van der Waals surface area contributed by atoms with E-state index >= 15 is 0 Å². The molecular formula is C16H15ClN2O. The van der Waals surface area contributed by atoms with Gasteiger partial charge in [-0.25, -0.2) is 0 Å². The number of hydrogen-bond donors (Lipinski definition) is 1. The fourth-order valence-electron chi connectivity index (χ4n) is 2.41. The summed E-state index contributed by atoms with van der Waals surface area (Å²) in [5.74, 6) is 0.762. The molecule has 1 heterocycles. The van der Waals surface area contributed by atoms with E-state index in [0.29, 0.717) is 11.6 Å². The highest BCUT2D eigenvalue weighted by Crippen LogP contribution is 2.27. The van der Waals surface area contributed by atoms with Crippen molar-refractivity contribution in [1.29, 1.82) is 0 Å². The molecule has 0 amide bonds. The average molecular weight is 287 g/mol. The van der Waals surface area contributed by atoms with Gasteiger partial charge in [0.15, 0.2) is 0 Å². The summed E-state index contributed by atoms with van der Waals surface area (Å²) < 4.78 is 7.82. The maximum absolute atomic E-state index is 6.02. The summed E-state index contributed by atoms with van der Waals surface area (Å²) in [4.78, 5) is 0.